The minimum absolute atomic E-state index is 0.538. The van der Waals surface area contributed by atoms with Crippen LogP contribution in [0.3, 0.4) is 0 Å². The summed E-state index contributed by atoms with van der Waals surface area (Å²) in [5.41, 5.74) is 2.13. The number of nitrogens with zero attached hydrogens (tertiary/aromatic N) is 1. The van der Waals surface area contributed by atoms with Crippen molar-refractivity contribution >= 4 is 19.0 Å². The zero-order valence-corrected chi connectivity index (χ0v) is 7.03. The van der Waals surface area contributed by atoms with E-state index in [2.05, 4.69) is 5.16 Å². The number of rotatable bonds is 0. The number of ether oxygens (including phenoxy) is 1. The van der Waals surface area contributed by atoms with Crippen LogP contribution in [0.25, 0.3) is 0 Å². The number of oxime groups is 1. The molecule has 1 heterocycles. The molecule has 1 aliphatic heterocycles. The van der Waals surface area contributed by atoms with E-state index in [0.29, 0.717) is 30.0 Å². The Kier molecular flexibility index (Phi) is 1.96. The third kappa shape index (κ3) is 1.39. The molecule has 0 aromatic heterocycles. The van der Waals surface area contributed by atoms with Crippen molar-refractivity contribution in [3.63, 3.8) is 0 Å². The summed E-state index contributed by atoms with van der Waals surface area (Å²) < 4.78 is 5.36. The number of hydrogen-bond donors (Lipinski definition) is 1. The highest BCUT2D eigenvalue weighted by Gasteiger charge is 2.16. The lowest BCUT2D eigenvalue weighted by atomic mass is 9.92. The molecular formula is C9H8BNO2. The highest BCUT2D eigenvalue weighted by molar-refractivity contribution is 6.32. The van der Waals surface area contributed by atoms with Gasteiger partial charge in [0.15, 0.2) is 0 Å². The molecule has 1 aromatic carbocycles. The Balaban J connectivity index is 2.52. The van der Waals surface area contributed by atoms with Crippen molar-refractivity contribution in [3.05, 3.63) is 23.8 Å². The molecule has 2 radical (unpaired) electrons. The van der Waals surface area contributed by atoms with Gasteiger partial charge in [-0.2, -0.15) is 0 Å². The van der Waals surface area contributed by atoms with Crippen molar-refractivity contribution in [3.8, 4) is 5.75 Å². The molecule has 0 amide bonds. The zero-order chi connectivity index (χ0) is 9.26. The van der Waals surface area contributed by atoms with Gasteiger partial charge in [-0.05, 0) is 12.1 Å². The molecule has 0 aliphatic carbocycles. The summed E-state index contributed by atoms with van der Waals surface area (Å²) >= 11 is 0. The molecule has 0 atom stereocenters. The third-order valence-corrected chi connectivity index (χ3v) is 2.03. The standard InChI is InChI=1S/C9H8BNO2/c10-6-1-2-7-8(11-12)3-4-13-9(7)5-6/h1-2,5,12H,3-4H2/b11-8+. The molecule has 0 saturated carbocycles. The fraction of sp³-hybridized carbons (Fsp3) is 0.222. The monoisotopic (exact) mass is 173 g/mol. The van der Waals surface area contributed by atoms with Crippen LogP contribution in [0.2, 0.25) is 0 Å². The Bertz CT molecular complexity index is 363. The van der Waals surface area contributed by atoms with E-state index in [1.807, 2.05) is 0 Å². The van der Waals surface area contributed by atoms with Gasteiger partial charge < -0.3 is 9.94 Å². The fourth-order valence-corrected chi connectivity index (χ4v) is 1.39. The van der Waals surface area contributed by atoms with Crippen molar-refractivity contribution in [2.45, 2.75) is 6.42 Å². The average molecular weight is 173 g/mol. The van der Waals surface area contributed by atoms with E-state index in [1.165, 1.54) is 0 Å². The summed E-state index contributed by atoms with van der Waals surface area (Å²) in [6.45, 7) is 0.538. The van der Waals surface area contributed by atoms with E-state index in [1.54, 1.807) is 18.2 Å². The summed E-state index contributed by atoms with van der Waals surface area (Å²) in [5.74, 6) is 0.694. The second-order valence-electron chi connectivity index (χ2n) is 2.90. The summed E-state index contributed by atoms with van der Waals surface area (Å²) in [4.78, 5) is 0. The van der Waals surface area contributed by atoms with Crippen LogP contribution in [0.15, 0.2) is 23.4 Å². The predicted octanol–water partition coefficient (Wildman–Crippen LogP) is 0.441. The number of hydrogen-bond acceptors (Lipinski definition) is 3. The van der Waals surface area contributed by atoms with E-state index in [4.69, 9.17) is 17.8 Å². The first-order valence-electron chi connectivity index (χ1n) is 4.05. The molecule has 13 heavy (non-hydrogen) atoms. The summed E-state index contributed by atoms with van der Waals surface area (Å²) in [6.07, 6.45) is 0.632. The fourth-order valence-electron chi connectivity index (χ4n) is 1.39. The van der Waals surface area contributed by atoms with Gasteiger partial charge in [0.1, 0.15) is 13.6 Å². The minimum Gasteiger partial charge on any atom is -0.493 e. The van der Waals surface area contributed by atoms with Crippen LogP contribution in [-0.4, -0.2) is 25.4 Å². The normalized spacial score (nSPS) is 18.0. The van der Waals surface area contributed by atoms with Gasteiger partial charge >= 0.3 is 0 Å². The summed E-state index contributed by atoms with van der Waals surface area (Å²) in [7, 11) is 5.59. The molecule has 64 valence electrons. The lowest BCUT2D eigenvalue weighted by Gasteiger charge is -2.18. The Hall–Kier alpha value is -1.45. The van der Waals surface area contributed by atoms with Gasteiger partial charge in [-0.15, -0.1) is 0 Å². The SMILES string of the molecule is [B]c1ccc2c(c1)OCC/C2=N\O. The number of benzene rings is 1. The molecule has 0 bridgehead atoms. The van der Waals surface area contributed by atoms with Gasteiger partial charge in [-0.3, -0.25) is 0 Å². The molecule has 1 aliphatic rings. The Labute approximate surface area is 77.4 Å². The first-order valence-corrected chi connectivity index (χ1v) is 4.05. The molecule has 0 fully saturated rings. The lowest BCUT2D eigenvalue weighted by Crippen LogP contribution is -2.18. The molecule has 0 spiro atoms. The van der Waals surface area contributed by atoms with E-state index >= 15 is 0 Å². The first-order chi connectivity index (χ1) is 6.31. The largest absolute Gasteiger partial charge is 0.493 e. The summed E-state index contributed by atoms with van der Waals surface area (Å²) in [5, 5.41) is 11.9. The Morgan fingerprint density at radius 1 is 1.46 bits per heavy atom. The Morgan fingerprint density at radius 2 is 2.31 bits per heavy atom. The zero-order valence-electron chi connectivity index (χ0n) is 7.03. The molecular weight excluding hydrogens is 165 g/mol. The topological polar surface area (TPSA) is 41.8 Å². The second-order valence-corrected chi connectivity index (χ2v) is 2.90. The van der Waals surface area contributed by atoms with Crippen LogP contribution in [0, 0.1) is 0 Å². The lowest BCUT2D eigenvalue weighted by molar-refractivity contribution is 0.298. The van der Waals surface area contributed by atoms with Gasteiger partial charge in [0, 0.05) is 12.0 Å². The van der Waals surface area contributed by atoms with E-state index in [9.17, 15) is 0 Å². The quantitative estimate of drug-likeness (QED) is 0.351. The molecule has 1 N–H and O–H groups in total. The maximum Gasteiger partial charge on any atom is 0.127 e. The van der Waals surface area contributed by atoms with Gasteiger partial charge in [0.25, 0.3) is 0 Å². The molecule has 1 aromatic rings. The van der Waals surface area contributed by atoms with Gasteiger partial charge in [0.2, 0.25) is 0 Å². The highest BCUT2D eigenvalue weighted by Crippen LogP contribution is 2.23. The molecule has 2 rings (SSSR count). The van der Waals surface area contributed by atoms with Crippen LogP contribution in [0.4, 0.5) is 0 Å². The van der Waals surface area contributed by atoms with Gasteiger partial charge in [0.05, 0.1) is 12.3 Å². The maximum atomic E-state index is 8.71. The van der Waals surface area contributed by atoms with Crippen molar-refractivity contribution in [2.75, 3.05) is 6.61 Å². The molecule has 0 saturated heterocycles. The third-order valence-electron chi connectivity index (χ3n) is 2.03. The molecule has 4 heteroatoms. The molecule has 3 nitrogen and oxygen atoms in total. The van der Waals surface area contributed by atoms with E-state index in [-0.39, 0.29) is 0 Å². The maximum absolute atomic E-state index is 8.71. The second kappa shape index (κ2) is 3.13. The van der Waals surface area contributed by atoms with E-state index in [0.717, 1.165) is 5.56 Å². The summed E-state index contributed by atoms with van der Waals surface area (Å²) in [6, 6.07) is 5.30. The smallest absolute Gasteiger partial charge is 0.127 e. The van der Waals surface area contributed by atoms with Gasteiger partial charge in [-0.1, -0.05) is 16.7 Å². The Morgan fingerprint density at radius 3 is 3.08 bits per heavy atom. The van der Waals surface area contributed by atoms with Crippen molar-refractivity contribution < 1.29 is 9.94 Å². The predicted molar refractivity (Wildman–Crippen MR) is 50.3 cm³/mol. The minimum atomic E-state index is 0.538. The average Bonchev–Trinajstić information content (AvgIpc) is 2.16. The first kappa shape index (κ1) is 8.17. The van der Waals surface area contributed by atoms with E-state index < -0.39 is 0 Å². The van der Waals surface area contributed by atoms with Crippen molar-refractivity contribution in [2.24, 2.45) is 5.16 Å². The van der Waals surface area contributed by atoms with Crippen LogP contribution in [0.1, 0.15) is 12.0 Å². The van der Waals surface area contributed by atoms with Crippen LogP contribution >= 0.6 is 0 Å². The van der Waals surface area contributed by atoms with Crippen LogP contribution in [-0.2, 0) is 0 Å². The van der Waals surface area contributed by atoms with Crippen LogP contribution < -0.4 is 10.2 Å². The van der Waals surface area contributed by atoms with Crippen molar-refractivity contribution in [1.29, 1.82) is 0 Å². The van der Waals surface area contributed by atoms with Crippen LogP contribution in [0.5, 0.6) is 5.75 Å². The van der Waals surface area contributed by atoms with Crippen molar-refractivity contribution in [1.82, 2.24) is 0 Å². The highest BCUT2D eigenvalue weighted by atomic mass is 16.5. The molecule has 0 unspecified atom stereocenters. The van der Waals surface area contributed by atoms with Gasteiger partial charge in [-0.25, -0.2) is 0 Å². The number of fused-ring (bicyclic) bond motifs is 1.